The van der Waals surface area contributed by atoms with E-state index in [1.807, 2.05) is 8.83 Å². The van der Waals surface area contributed by atoms with E-state index in [2.05, 4.69) is 138 Å². The van der Waals surface area contributed by atoms with Gasteiger partial charge in [-0.25, -0.2) is 8.83 Å². The summed E-state index contributed by atoms with van der Waals surface area (Å²) in [4.78, 5) is 1.08. The average molecular weight is 815 g/mol. The van der Waals surface area contributed by atoms with E-state index in [-0.39, 0.29) is 15.2 Å². The third-order valence-corrected chi connectivity index (χ3v) is 8.61. The van der Waals surface area contributed by atoms with E-state index < -0.39 is 10.9 Å². The molecular formula is C7H4Br8N4S. The maximum atomic E-state index is 4.67. The van der Waals surface area contributed by atoms with E-state index in [1.54, 1.807) is 0 Å². The lowest BCUT2D eigenvalue weighted by Crippen LogP contribution is -2.28. The summed E-state index contributed by atoms with van der Waals surface area (Å²) in [6, 6.07) is 0. The van der Waals surface area contributed by atoms with E-state index in [1.165, 1.54) is 0 Å². The van der Waals surface area contributed by atoms with E-state index >= 15 is 0 Å². The molecule has 0 radical (unpaired) electrons. The molecule has 2 rings (SSSR count). The number of alkyl halides is 8. The highest BCUT2D eigenvalue weighted by atomic mass is 79.9. The molecule has 0 atom stereocenters. The van der Waals surface area contributed by atoms with Crippen molar-refractivity contribution < 1.29 is 0 Å². The molecule has 0 amide bonds. The van der Waals surface area contributed by atoms with Gasteiger partial charge in [-0.05, 0) is 63.7 Å². The number of halogens is 8. The minimum atomic E-state index is -0.437. The van der Waals surface area contributed by atoms with Gasteiger partial charge in [0.05, 0.1) is 15.7 Å². The van der Waals surface area contributed by atoms with Crippen molar-refractivity contribution in [3.63, 3.8) is 0 Å². The quantitative estimate of drug-likeness (QED) is 0.199. The Hall–Kier alpha value is 3.00. The van der Waals surface area contributed by atoms with E-state index in [4.69, 9.17) is 0 Å². The fourth-order valence-electron chi connectivity index (χ4n) is 1.50. The van der Waals surface area contributed by atoms with Crippen LogP contribution in [-0.4, -0.2) is 40.3 Å². The molecule has 2 aliphatic heterocycles. The second-order valence-corrected chi connectivity index (χ2v) is 17.1. The van der Waals surface area contributed by atoms with Crippen LogP contribution in [0.5, 0.6) is 0 Å². The van der Waals surface area contributed by atoms with E-state index in [9.17, 15) is 0 Å². The van der Waals surface area contributed by atoms with Gasteiger partial charge in [-0.1, -0.05) is 63.7 Å². The lowest BCUT2D eigenvalue weighted by Gasteiger charge is -2.27. The minimum Gasteiger partial charge on any atom is -0.200 e. The highest BCUT2D eigenvalue weighted by molar-refractivity contribution is 9.26. The van der Waals surface area contributed by atoms with Crippen molar-refractivity contribution in [1.82, 2.24) is 8.83 Å². The van der Waals surface area contributed by atoms with E-state index in [0.29, 0.717) is 0 Å². The standard InChI is InChI=1S/C7H4Br8N4S/c8-4(9)1-3-2(5(10)11)17-19(7(14)15)20(3)18(16-1)6(12)13/h4-7H. The fraction of sp³-hybridized carbons (Fsp3) is 0.571. The van der Waals surface area contributed by atoms with Crippen molar-refractivity contribution in [1.29, 1.82) is 0 Å². The number of hydrazone groups is 2. The Balaban J connectivity index is 2.56. The molecule has 0 aliphatic carbocycles. The van der Waals surface area contributed by atoms with Crippen LogP contribution in [-0.2, 0) is 0 Å². The predicted molar refractivity (Wildman–Crippen MR) is 118 cm³/mol. The van der Waals surface area contributed by atoms with Crippen LogP contribution in [0.25, 0.3) is 0 Å². The van der Waals surface area contributed by atoms with Gasteiger partial charge in [0.25, 0.3) is 0 Å². The number of hydrogen-bond acceptors (Lipinski definition) is 4. The lowest BCUT2D eigenvalue weighted by atomic mass is 10.2. The first-order valence-electron chi connectivity index (χ1n) is 4.76. The molecule has 0 aromatic carbocycles. The first kappa shape index (κ1) is 19.3. The molecule has 0 saturated heterocycles. The summed E-state index contributed by atoms with van der Waals surface area (Å²) in [6.07, 6.45) is 0. The third kappa shape index (κ3) is 3.80. The van der Waals surface area contributed by atoms with Gasteiger partial charge in [-0.15, -0.1) is 0 Å². The minimum absolute atomic E-state index is 0.0447. The third-order valence-electron chi connectivity index (χ3n) is 2.16. The Morgan fingerprint density at radius 2 is 1.05 bits per heavy atom. The molecule has 0 saturated carbocycles. The van der Waals surface area contributed by atoms with Crippen molar-refractivity contribution in [3.05, 3.63) is 0 Å². The number of nitrogens with zero attached hydrogens (tertiary/aromatic N) is 4. The van der Waals surface area contributed by atoms with Crippen LogP contribution >= 0.6 is 138 Å². The highest BCUT2D eigenvalue weighted by Crippen LogP contribution is 2.47. The van der Waals surface area contributed by atoms with Crippen molar-refractivity contribution in [2.45, 2.75) is 15.2 Å². The summed E-state index contributed by atoms with van der Waals surface area (Å²) in [5.74, 6) is 0. The Labute approximate surface area is 186 Å². The Morgan fingerprint density at radius 1 is 0.700 bits per heavy atom. The van der Waals surface area contributed by atoms with E-state index in [0.717, 1.165) is 16.3 Å². The summed E-state index contributed by atoms with van der Waals surface area (Å²) in [6.45, 7) is 0. The number of hydrogen-bond donors (Lipinski definition) is 0. The van der Waals surface area contributed by atoms with Crippen molar-refractivity contribution >= 4 is 155 Å². The maximum absolute atomic E-state index is 4.67. The van der Waals surface area contributed by atoms with Gasteiger partial charge in [-0.2, -0.15) is 10.2 Å². The summed E-state index contributed by atoms with van der Waals surface area (Å²) in [7, 11) is -0.437. The molecule has 0 spiro atoms. The monoisotopic (exact) mass is 807 g/mol. The van der Waals surface area contributed by atoms with Crippen LogP contribution in [0.3, 0.4) is 0 Å². The second-order valence-electron chi connectivity index (χ2n) is 3.33. The summed E-state index contributed by atoms with van der Waals surface area (Å²) in [5.41, 5.74) is 1.81. The van der Waals surface area contributed by atoms with Crippen LogP contribution in [0.15, 0.2) is 10.2 Å². The van der Waals surface area contributed by atoms with Gasteiger partial charge in [0.1, 0.15) is 18.9 Å². The van der Waals surface area contributed by atoms with Gasteiger partial charge < -0.3 is 0 Å². The molecule has 0 unspecified atom stereocenters. The molecule has 4 nitrogen and oxygen atoms in total. The molecule has 0 aromatic heterocycles. The topological polar surface area (TPSA) is 31.2 Å². The normalized spacial score (nSPS) is 19.9. The second kappa shape index (κ2) is 7.92. The highest BCUT2D eigenvalue weighted by Gasteiger charge is 2.43. The molecule has 0 fully saturated rings. The average Bonchev–Trinajstić information content (AvgIpc) is 2.83. The summed E-state index contributed by atoms with van der Waals surface area (Å²) in [5, 5.41) is 9.34. The summed E-state index contributed by atoms with van der Waals surface area (Å²) < 4.78 is 3.57. The Morgan fingerprint density at radius 3 is 1.30 bits per heavy atom. The van der Waals surface area contributed by atoms with Crippen LogP contribution in [0.4, 0.5) is 0 Å². The Bertz CT molecular complexity index is 459. The van der Waals surface area contributed by atoms with Crippen LogP contribution in [0, 0.1) is 0 Å². The van der Waals surface area contributed by atoms with Crippen molar-refractivity contribution in [2.24, 2.45) is 10.2 Å². The smallest absolute Gasteiger partial charge is 0.169 e. The van der Waals surface area contributed by atoms with Gasteiger partial charge in [0, 0.05) is 0 Å². The predicted octanol–water partition coefficient (Wildman–Crippen LogP) is 5.98. The zero-order valence-corrected chi connectivity index (χ0v) is 22.5. The maximum Gasteiger partial charge on any atom is 0.169 e. The van der Waals surface area contributed by atoms with Crippen molar-refractivity contribution in [3.8, 4) is 0 Å². The first-order valence-corrected chi connectivity index (χ1v) is 13.2. The molecular weight excluding hydrogens is 811 g/mol. The lowest BCUT2D eigenvalue weighted by molar-refractivity contribution is 0.501. The molecule has 0 aromatic rings. The molecule has 2 heterocycles. The SMILES string of the molecule is BrC(Br)C1=NN(C(Br)Br)S2=C1C(C(Br)Br)=NN2C(Br)Br. The Kier molecular flexibility index (Phi) is 7.65. The molecule has 0 bridgehead atoms. The van der Waals surface area contributed by atoms with Gasteiger partial charge in [0.15, 0.2) is 7.72 Å². The zero-order valence-electron chi connectivity index (χ0n) is 9.03. The van der Waals surface area contributed by atoms with Crippen molar-refractivity contribution in [2.75, 3.05) is 0 Å². The van der Waals surface area contributed by atoms with Gasteiger partial charge in [-0.3, -0.25) is 0 Å². The first-order chi connectivity index (χ1) is 9.25. The van der Waals surface area contributed by atoms with Gasteiger partial charge >= 0.3 is 0 Å². The van der Waals surface area contributed by atoms with Gasteiger partial charge in [0.2, 0.25) is 0 Å². The van der Waals surface area contributed by atoms with Crippen LogP contribution < -0.4 is 0 Å². The molecule has 20 heavy (non-hydrogen) atoms. The molecule has 2 aliphatic rings. The molecule has 13 heteroatoms. The van der Waals surface area contributed by atoms with Crippen LogP contribution in [0.2, 0.25) is 0 Å². The molecule has 114 valence electrons. The summed E-state index contributed by atoms with van der Waals surface area (Å²) >= 11 is 28.2. The largest absolute Gasteiger partial charge is 0.200 e. The fourth-order valence-corrected chi connectivity index (χ4v) is 7.52. The van der Waals surface area contributed by atoms with Crippen LogP contribution in [0.1, 0.15) is 0 Å². The zero-order chi connectivity index (χ0) is 15.2. The molecule has 0 N–H and O–H groups in total. The number of rotatable bonds is 4.